The van der Waals surface area contributed by atoms with E-state index >= 15 is 0 Å². The fourth-order valence-corrected chi connectivity index (χ4v) is 2.08. The second kappa shape index (κ2) is 7.16. The van der Waals surface area contributed by atoms with Crippen molar-refractivity contribution in [3.63, 3.8) is 0 Å². The van der Waals surface area contributed by atoms with Crippen LogP contribution < -0.4 is 5.32 Å². The molecule has 1 atom stereocenters. The van der Waals surface area contributed by atoms with Crippen LogP contribution in [-0.2, 0) is 22.6 Å². The van der Waals surface area contributed by atoms with E-state index in [9.17, 15) is 0 Å². The predicted octanol–water partition coefficient (Wildman–Crippen LogP) is 2.67. The first-order valence-corrected chi connectivity index (χ1v) is 7.41. The molecule has 1 saturated heterocycles. The molecule has 20 heavy (non-hydrogen) atoms. The molecule has 2 heterocycles. The van der Waals surface area contributed by atoms with Gasteiger partial charge < -0.3 is 14.8 Å². The summed E-state index contributed by atoms with van der Waals surface area (Å²) >= 11 is 0. The van der Waals surface area contributed by atoms with Gasteiger partial charge in [0, 0.05) is 24.9 Å². The van der Waals surface area contributed by atoms with Crippen LogP contribution in [0.25, 0.3) is 0 Å². The summed E-state index contributed by atoms with van der Waals surface area (Å²) in [5.74, 6) is 0. The van der Waals surface area contributed by atoms with E-state index in [-0.39, 0.29) is 11.6 Å². The van der Waals surface area contributed by atoms with E-state index in [1.807, 2.05) is 12.3 Å². The van der Waals surface area contributed by atoms with Crippen LogP contribution >= 0.6 is 0 Å². The van der Waals surface area contributed by atoms with Gasteiger partial charge in [0.05, 0.1) is 25.0 Å². The maximum Gasteiger partial charge on any atom is 0.0889 e. The van der Waals surface area contributed by atoms with Crippen molar-refractivity contribution in [2.45, 2.75) is 58.4 Å². The summed E-state index contributed by atoms with van der Waals surface area (Å²) < 4.78 is 11.2. The van der Waals surface area contributed by atoms with Crippen molar-refractivity contribution in [1.29, 1.82) is 0 Å². The molecule has 0 spiro atoms. The normalized spacial score (nSPS) is 19.4. The Morgan fingerprint density at radius 3 is 2.85 bits per heavy atom. The molecule has 0 saturated carbocycles. The second-order valence-electron chi connectivity index (χ2n) is 6.41. The number of nitrogens with one attached hydrogen (secondary N) is 1. The molecular formula is C16H26N2O2. The average Bonchev–Trinajstić information content (AvgIpc) is 2.90. The third kappa shape index (κ3) is 5.57. The molecule has 0 radical (unpaired) electrons. The SMILES string of the molecule is CC(C)(C)NCc1ccc(COCC2CCCO2)nc1. The summed E-state index contributed by atoms with van der Waals surface area (Å²) in [7, 11) is 0. The molecule has 4 heteroatoms. The van der Waals surface area contributed by atoms with Crippen LogP contribution in [-0.4, -0.2) is 29.8 Å². The number of rotatable bonds is 6. The van der Waals surface area contributed by atoms with Crippen molar-refractivity contribution in [3.05, 3.63) is 29.6 Å². The molecule has 1 aromatic heterocycles. The van der Waals surface area contributed by atoms with E-state index in [1.165, 1.54) is 5.56 Å². The van der Waals surface area contributed by atoms with E-state index in [1.54, 1.807) is 0 Å². The molecule has 2 rings (SSSR count). The van der Waals surface area contributed by atoms with E-state index < -0.39 is 0 Å². The molecular weight excluding hydrogens is 252 g/mol. The number of nitrogens with zero attached hydrogens (tertiary/aromatic N) is 1. The van der Waals surface area contributed by atoms with Gasteiger partial charge in [-0.15, -0.1) is 0 Å². The summed E-state index contributed by atoms with van der Waals surface area (Å²) in [6.45, 7) is 9.44. The highest BCUT2D eigenvalue weighted by molar-refractivity contribution is 5.13. The Labute approximate surface area is 121 Å². The minimum absolute atomic E-state index is 0.128. The molecule has 1 fully saturated rings. The fourth-order valence-electron chi connectivity index (χ4n) is 2.08. The van der Waals surface area contributed by atoms with Crippen LogP contribution in [0.15, 0.2) is 18.3 Å². The predicted molar refractivity (Wildman–Crippen MR) is 79.5 cm³/mol. The summed E-state index contributed by atoms with van der Waals surface area (Å²) in [6, 6.07) is 4.14. The molecule has 0 aromatic carbocycles. The Morgan fingerprint density at radius 2 is 2.25 bits per heavy atom. The highest BCUT2D eigenvalue weighted by atomic mass is 16.5. The van der Waals surface area contributed by atoms with Gasteiger partial charge in [0.15, 0.2) is 0 Å². The Kier molecular flexibility index (Phi) is 5.52. The van der Waals surface area contributed by atoms with Gasteiger partial charge in [-0.1, -0.05) is 6.07 Å². The largest absolute Gasteiger partial charge is 0.376 e. The smallest absolute Gasteiger partial charge is 0.0889 e. The zero-order valence-corrected chi connectivity index (χ0v) is 12.8. The van der Waals surface area contributed by atoms with Crippen LogP contribution in [0.3, 0.4) is 0 Å². The standard InChI is InChI=1S/C16H26N2O2/c1-16(2,3)18-10-13-6-7-14(17-9-13)11-19-12-15-5-4-8-20-15/h6-7,9,15,18H,4-5,8,10-12H2,1-3H3. The van der Waals surface area contributed by atoms with Crippen molar-refractivity contribution in [3.8, 4) is 0 Å². The quantitative estimate of drug-likeness (QED) is 0.869. The maximum atomic E-state index is 5.65. The van der Waals surface area contributed by atoms with E-state index in [0.717, 1.165) is 31.7 Å². The minimum atomic E-state index is 0.128. The van der Waals surface area contributed by atoms with Gasteiger partial charge in [0.2, 0.25) is 0 Å². The van der Waals surface area contributed by atoms with Crippen molar-refractivity contribution < 1.29 is 9.47 Å². The minimum Gasteiger partial charge on any atom is -0.376 e. The Balaban J connectivity index is 1.70. The number of hydrogen-bond acceptors (Lipinski definition) is 4. The number of hydrogen-bond donors (Lipinski definition) is 1. The molecule has 112 valence electrons. The Hall–Kier alpha value is -0.970. The molecule has 1 unspecified atom stereocenters. The van der Waals surface area contributed by atoms with Crippen LogP contribution in [0.2, 0.25) is 0 Å². The van der Waals surface area contributed by atoms with Crippen LogP contribution in [0.4, 0.5) is 0 Å². The number of aromatic nitrogens is 1. The fraction of sp³-hybridized carbons (Fsp3) is 0.688. The van der Waals surface area contributed by atoms with Crippen LogP contribution in [0, 0.1) is 0 Å². The van der Waals surface area contributed by atoms with Crippen LogP contribution in [0.5, 0.6) is 0 Å². The van der Waals surface area contributed by atoms with E-state index in [0.29, 0.717) is 13.2 Å². The lowest BCUT2D eigenvalue weighted by Crippen LogP contribution is -2.35. The van der Waals surface area contributed by atoms with Gasteiger partial charge in [0.1, 0.15) is 0 Å². The first-order chi connectivity index (χ1) is 9.53. The van der Waals surface area contributed by atoms with E-state index in [4.69, 9.17) is 9.47 Å². The second-order valence-corrected chi connectivity index (χ2v) is 6.41. The molecule has 4 nitrogen and oxygen atoms in total. The van der Waals surface area contributed by atoms with Gasteiger partial charge >= 0.3 is 0 Å². The lowest BCUT2D eigenvalue weighted by molar-refractivity contribution is 0.00964. The summed E-state index contributed by atoms with van der Waals surface area (Å²) in [6.07, 6.45) is 4.47. The summed E-state index contributed by atoms with van der Waals surface area (Å²) in [5.41, 5.74) is 2.30. The zero-order valence-electron chi connectivity index (χ0n) is 12.8. The molecule has 0 bridgehead atoms. The third-order valence-electron chi connectivity index (χ3n) is 3.29. The topological polar surface area (TPSA) is 43.4 Å². The first-order valence-electron chi connectivity index (χ1n) is 7.41. The Morgan fingerprint density at radius 1 is 1.40 bits per heavy atom. The van der Waals surface area contributed by atoms with E-state index in [2.05, 4.69) is 37.1 Å². The first kappa shape index (κ1) is 15.4. The maximum absolute atomic E-state index is 5.65. The third-order valence-corrected chi connectivity index (χ3v) is 3.29. The van der Waals surface area contributed by atoms with Crippen molar-refractivity contribution in [1.82, 2.24) is 10.3 Å². The molecule has 1 aromatic rings. The van der Waals surface area contributed by atoms with Crippen molar-refractivity contribution >= 4 is 0 Å². The van der Waals surface area contributed by atoms with Gasteiger partial charge in [-0.05, 0) is 45.2 Å². The van der Waals surface area contributed by atoms with Crippen molar-refractivity contribution in [2.24, 2.45) is 0 Å². The average molecular weight is 278 g/mol. The van der Waals surface area contributed by atoms with Gasteiger partial charge in [-0.25, -0.2) is 0 Å². The van der Waals surface area contributed by atoms with Crippen LogP contribution in [0.1, 0.15) is 44.9 Å². The molecule has 1 N–H and O–H groups in total. The highest BCUT2D eigenvalue weighted by Crippen LogP contribution is 2.12. The lowest BCUT2D eigenvalue weighted by atomic mass is 10.1. The van der Waals surface area contributed by atoms with Crippen molar-refractivity contribution in [2.75, 3.05) is 13.2 Å². The van der Waals surface area contributed by atoms with Gasteiger partial charge in [-0.2, -0.15) is 0 Å². The zero-order chi connectivity index (χ0) is 14.4. The number of ether oxygens (including phenoxy) is 2. The number of pyridine rings is 1. The highest BCUT2D eigenvalue weighted by Gasteiger charge is 2.15. The van der Waals surface area contributed by atoms with Gasteiger partial charge in [0.25, 0.3) is 0 Å². The summed E-state index contributed by atoms with van der Waals surface area (Å²) in [4.78, 5) is 4.44. The molecule has 1 aliphatic heterocycles. The Bertz CT molecular complexity index is 392. The molecule has 0 aliphatic carbocycles. The van der Waals surface area contributed by atoms with Gasteiger partial charge in [-0.3, -0.25) is 4.98 Å². The lowest BCUT2D eigenvalue weighted by Gasteiger charge is -2.20. The molecule has 1 aliphatic rings. The molecule has 0 amide bonds. The monoisotopic (exact) mass is 278 g/mol. The summed E-state index contributed by atoms with van der Waals surface area (Å²) in [5, 5.41) is 3.45.